The van der Waals surface area contributed by atoms with Crippen LogP contribution in [0.4, 0.5) is 5.69 Å². The lowest BCUT2D eigenvalue weighted by Crippen LogP contribution is -2.39. The molecule has 1 aromatic heterocycles. The van der Waals surface area contributed by atoms with Crippen LogP contribution in [0.3, 0.4) is 0 Å². The van der Waals surface area contributed by atoms with E-state index in [9.17, 15) is 13.2 Å². The van der Waals surface area contributed by atoms with Gasteiger partial charge in [0.1, 0.15) is 12.3 Å². The molecule has 2 aromatic carbocycles. The highest BCUT2D eigenvalue weighted by atomic mass is 32.2. The summed E-state index contributed by atoms with van der Waals surface area (Å²) in [6.45, 7) is 1.40. The highest BCUT2D eigenvalue weighted by Gasteiger charge is 2.27. The van der Waals surface area contributed by atoms with E-state index in [0.717, 1.165) is 9.87 Å². The summed E-state index contributed by atoms with van der Waals surface area (Å²) in [6.07, 6.45) is 4.63. The van der Waals surface area contributed by atoms with Crippen molar-refractivity contribution in [1.82, 2.24) is 10.4 Å². The maximum atomic E-state index is 13.3. The Hall–Kier alpha value is -3.72. The second-order valence-electron chi connectivity index (χ2n) is 6.61. The van der Waals surface area contributed by atoms with Crippen molar-refractivity contribution in [1.29, 1.82) is 0 Å². The van der Waals surface area contributed by atoms with Crippen molar-refractivity contribution in [2.75, 3.05) is 18.0 Å². The van der Waals surface area contributed by atoms with Crippen LogP contribution in [0.25, 0.3) is 0 Å². The normalized spacial score (nSPS) is 11.3. The Morgan fingerprint density at radius 2 is 1.94 bits per heavy atom. The lowest BCUT2D eigenvalue weighted by atomic mass is 10.2. The number of aryl methyl sites for hydroxylation is 1. The number of pyridine rings is 1. The predicted octanol–water partition coefficient (Wildman–Crippen LogP) is 2.74. The Morgan fingerprint density at radius 1 is 1.16 bits per heavy atom. The largest absolute Gasteiger partial charge is 0.497 e. The average Bonchev–Trinajstić information content (AvgIpc) is 2.78. The summed E-state index contributed by atoms with van der Waals surface area (Å²) in [4.78, 5) is 16.6. The summed E-state index contributed by atoms with van der Waals surface area (Å²) in [5.74, 6) is -0.129. The zero-order chi connectivity index (χ0) is 22.3. The molecule has 0 saturated heterocycles. The summed E-state index contributed by atoms with van der Waals surface area (Å²) in [5.41, 5.74) is 4.28. The molecule has 3 aromatic rings. The second kappa shape index (κ2) is 9.86. The van der Waals surface area contributed by atoms with E-state index in [0.29, 0.717) is 17.0 Å². The first-order chi connectivity index (χ1) is 14.9. The first-order valence-electron chi connectivity index (χ1n) is 9.35. The van der Waals surface area contributed by atoms with E-state index in [1.54, 1.807) is 60.9 Å². The molecule has 8 nitrogen and oxygen atoms in total. The smallest absolute Gasteiger partial charge is 0.264 e. The van der Waals surface area contributed by atoms with Crippen LogP contribution in [0.1, 0.15) is 11.1 Å². The highest BCUT2D eigenvalue weighted by molar-refractivity contribution is 7.92. The minimum atomic E-state index is -4.01. The zero-order valence-corrected chi connectivity index (χ0v) is 17.9. The van der Waals surface area contributed by atoms with E-state index in [4.69, 9.17) is 4.74 Å². The Bertz CT molecular complexity index is 1160. The lowest BCUT2D eigenvalue weighted by molar-refractivity contribution is -0.119. The molecule has 31 heavy (non-hydrogen) atoms. The molecular weight excluding hydrogens is 416 g/mol. The number of amides is 1. The molecular formula is C22H22N4O4S. The van der Waals surface area contributed by atoms with Crippen LogP contribution in [0.5, 0.6) is 5.75 Å². The number of nitrogens with zero attached hydrogens (tertiary/aromatic N) is 3. The van der Waals surface area contributed by atoms with Crippen molar-refractivity contribution in [3.63, 3.8) is 0 Å². The average molecular weight is 439 g/mol. The van der Waals surface area contributed by atoms with Gasteiger partial charge in [0, 0.05) is 24.0 Å². The van der Waals surface area contributed by atoms with Gasteiger partial charge >= 0.3 is 0 Å². The lowest BCUT2D eigenvalue weighted by Gasteiger charge is -2.24. The van der Waals surface area contributed by atoms with Crippen LogP contribution < -0.4 is 14.5 Å². The first-order valence-corrected chi connectivity index (χ1v) is 10.8. The molecule has 3 rings (SSSR count). The topological polar surface area (TPSA) is 101 Å². The number of hydrogen-bond acceptors (Lipinski definition) is 6. The zero-order valence-electron chi connectivity index (χ0n) is 17.1. The van der Waals surface area contributed by atoms with Crippen molar-refractivity contribution in [3.05, 3.63) is 84.2 Å². The Kier molecular flexibility index (Phi) is 6.99. The Balaban J connectivity index is 1.87. The molecule has 1 heterocycles. The summed E-state index contributed by atoms with van der Waals surface area (Å²) < 4.78 is 32.9. The molecule has 9 heteroatoms. The number of carbonyl (C=O) groups excluding carboxylic acids is 1. The van der Waals surface area contributed by atoms with E-state index in [1.807, 2.05) is 6.92 Å². The van der Waals surface area contributed by atoms with Crippen LogP contribution in [0.15, 0.2) is 83.1 Å². The van der Waals surface area contributed by atoms with Gasteiger partial charge in [-0.3, -0.25) is 14.1 Å². The summed E-state index contributed by atoms with van der Waals surface area (Å²) in [6, 6.07) is 16.4. The van der Waals surface area contributed by atoms with Crippen molar-refractivity contribution >= 4 is 27.8 Å². The van der Waals surface area contributed by atoms with Gasteiger partial charge in [0.2, 0.25) is 0 Å². The summed E-state index contributed by atoms with van der Waals surface area (Å²) in [7, 11) is -2.53. The number of ether oxygens (including phenoxy) is 1. The number of anilines is 1. The number of hydrogen-bond donors (Lipinski definition) is 1. The van der Waals surface area contributed by atoms with Gasteiger partial charge in [0.25, 0.3) is 15.9 Å². The van der Waals surface area contributed by atoms with Gasteiger partial charge in [-0.15, -0.1) is 0 Å². The molecule has 0 radical (unpaired) electrons. The third kappa shape index (κ3) is 5.67. The number of aromatic nitrogens is 1. The Morgan fingerprint density at radius 3 is 2.61 bits per heavy atom. The number of carbonyl (C=O) groups is 1. The molecule has 0 saturated carbocycles. The van der Waals surface area contributed by atoms with Crippen LogP contribution in [-0.2, 0) is 14.8 Å². The second-order valence-corrected chi connectivity index (χ2v) is 8.47. The SMILES string of the molecule is COc1cccc(N(CC(=O)N/N=C\c2cccnc2)S(=O)(=O)c2ccc(C)cc2)c1. The number of nitrogens with one attached hydrogen (secondary N) is 1. The molecule has 0 aliphatic rings. The number of sulfonamides is 1. The van der Waals surface area contributed by atoms with Crippen molar-refractivity contribution in [3.8, 4) is 5.75 Å². The summed E-state index contributed by atoms with van der Waals surface area (Å²) >= 11 is 0. The maximum absolute atomic E-state index is 13.3. The fourth-order valence-corrected chi connectivity index (χ4v) is 4.13. The number of rotatable bonds is 8. The summed E-state index contributed by atoms with van der Waals surface area (Å²) in [5, 5.41) is 3.88. The minimum Gasteiger partial charge on any atom is -0.497 e. The van der Waals surface area contributed by atoms with Crippen molar-refractivity contribution in [2.45, 2.75) is 11.8 Å². The highest BCUT2D eigenvalue weighted by Crippen LogP contribution is 2.27. The molecule has 0 unspecified atom stereocenters. The third-order valence-corrected chi connectivity index (χ3v) is 6.11. The van der Waals surface area contributed by atoms with Gasteiger partial charge in [-0.25, -0.2) is 13.8 Å². The van der Waals surface area contributed by atoms with Gasteiger partial charge in [-0.2, -0.15) is 5.10 Å². The van der Waals surface area contributed by atoms with Crippen LogP contribution >= 0.6 is 0 Å². The number of benzene rings is 2. The van der Waals surface area contributed by atoms with Crippen molar-refractivity contribution < 1.29 is 17.9 Å². The van der Waals surface area contributed by atoms with Gasteiger partial charge in [0.15, 0.2) is 0 Å². The standard InChI is InChI=1S/C22H22N4O4S/c1-17-8-10-21(11-9-17)31(28,29)26(19-6-3-7-20(13-19)30-2)16-22(27)25-24-15-18-5-4-12-23-14-18/h3-15H,16H2,1-2H3,(H,25,27)/b24-15-. The van der Waals surface area contributed by atoms with Crippen molar-refractivity contribution in [2.24, 2.45) is 5.10 Å². The van der Waals surface area contributed by atoms with E-state index < -0.39 is 22.5 Å². The quantitative estimate of drug-likeness (QED) is 0.431. The van der Waals surface area contributed by atoms with Gasteiger partial charge in [-0.1, -0.05) is 29.8 Å². The predicted molar refractivity (Wildman–Crippen MR) is 119 cm³/mol. The van der Waals surface area contributed by atoms with Gasteiger partial charge in [0.05, 0.1) is 23.9 Å². The monoisotopic (exact) mass is 438 g/mol. The van der Waals surface area contributed by atoms with Gasteiger partial charge in [-0.05, 0) is 37.3 Å². The third-order valence-electron chi connectivity index (χ3n) is 4.32. The minimum absolute atomic E-state index is 0.0765. The molecule has 0 atom stereocenters. The van der Waals surface area contributed by atoms with E-state index in [1.165, 1.54) is 25.5 Å². The molecule has 160 valence electrons. The Labute approximate surface area is 181 Å². The van der Waals surface area contributed by atoms with E-state index in [-0.39, 0.29) is 4.90 Å². The molecule has 0 aliphatic heterocycles. The fraction of sp³-hybridized carbons (Fsp3) is 0.136. The maximum Gasteiger partial charge on any atom is 0.264 e. The van der Waals surface area contributed by atoms with Crippen LogP contribution in [-0.4, -0.2) is 39.2 Å². The molecule has 0 aliphatic carbocycles. The number of methoxy groups -OCH3 is 1. The first kappa shape index (κ1) is 22.0. The number of hydrazone groups is 1. The van der Waals surface area contributed by atoms with Gasteiger partial charge < -0.3 is 4.74 Å². The van der Waals surface area contributed by atoms with Crippen LogP contribution in [0.2, 0.25) is 0 Å². The fourth-order valence-electron chi connectivity index (χ4n) is 2.72. The van der Waals surface area contributed by atoms with E-state index in [2.05, 4.69) is 15.5 Å². The van der Waals surface area contributed by atoms with E-state index >= 15 is 0 Å². The molecule has 1 N–H and O–H groups in total. The molecule has 1 amide bonds. The molecule has 0 fully saturated rings. The van der Waals surface area contributed by atoms with Crippen LogP contribution in [0, 0.1) is 6.92 Å². The molecule has 0 bridgehead atoms. The molecule has 0 spiro atoms.